The van der Waals surface area contributed by atoms with E-state index in [0.29, 0.717) is 6.04 Å². The molecule has 1 unspecified atom stereocenters. The van der Waals surface area contributed by atoms with Crippen molar-refractivity contribution in [2.24, 2.45) is 5.92 Å². The monoisotopic (exact) mass is 349 g/mol. The molecular weight excluding hydrogens is 324 g/mol. The maximum atomic E-state index is 12.9. The Labute approximate surface area is 144 Å². The Hall–Kier alpha value is -0.550. The minimum Gasteiger partial charge on any atom is -0.370 e. The quantitative estimate of drug-likeness (QED) is 0.875. The van der Waals surface area contributed by atoms with Crippen molar-refractivity contribution in [3.8, 4) is 0 Å². The standard InChI is InChI=1S/C16H24FN3.2ClH/c17-14-1-3-16(4-2-14)20-10-7-15(12-20)19-11-13-5-8-18-9-6-13;;/h1-4,13,15,18-19H,5-12H2;2*1H. The van der Waals surface area contributed by atoms with E-state index in [2.05, 4.69) is 15.5 Å². The Morgan fingerprint density at radius 2 is 1.77 bits per heavy atom. The summed E-state index contributed by atoms with van der Waals surface area (Å²) in [5.74, 6) is 0.671. The van der Waals surface area contributed by atoms with Crippen LogP contribution in [0.15, 0.2) is 24.3 Å². The molecule has 0 bridgehead atoms. The van der Waals surface area contributed by atoms with Crippen molar-refractivity contribution in [3.63, 3.8) is 0 Å². The Morgan fingerprint density at radius 1 is 1.09 bits per heavy atom. The largest absolute Gasteiger partial charge is 0.370 e. The van der Waals surface area contributed by atoms with Gasteiger partial charge in [0, 0.05) is 24.8 Å². The average Bonchev–Trinajstić information content (AvgIpc) is 2.96. The molecular formula is C16H26Cl2FN3. The van der Waals surface area contributed by atoms with Crippen LogP contribution in [0.3, 0.4) is 0 Å². The van der Waals surface area contributed by atoms with E-state index in [0.717, 1.165) is 31.2 Å². The predicted octanol–water partition coefficient (Wildman–Crippen LogP) is 2.84. The first kappa shape index (κ1) is 19.5. The van der Waals surface area contributed by atoms with Gasteiger partial charge in [-0.3, -0.25) is 0 Å². The fourth-order valence-corrected chi connectivity index (χ4v) is 3.23. The number of anilines is 1. The van der Waals surface area contributed by atoms with Gasteiger partial charge in [-0.15, -0.1) is 24.8 Å². The third-order valence-corrected chi connectivity index (χ3v) is 4.53. The minimum atomic E-state index is -0.159. The molecule has 2 aliphatic rings. The molecule has 0 spiro atoms. The molecule has 2 heterocycles. The maximum absolute atomic E-state index is 12.9. The number of hydrogen-bond acceptors (Lipinski definition) is 3. The molecule has 6 heteroatoms. The van der Waals surface area contributed by atoms with Gasteiger partial charge >= 0.3 is 0 Å². The number of rotatable bonds is 4. The predicted molar refractivity (Wildman–Crippen MR) is 95.1 cm³/mol. The molecule has 2 saturated heterocycles. The summed E-state index contributed by atoms with van der Waals surface area (Å²) >= 11 is 0. The van der Waals surface area contributed by atoms with Crippen LogP contribution in [0, 0.1) is 11.7 Å². The fraction of sp³-hybridized carbons (Fsp3) is 0.625. The van der Waals surface area contributed by atoms with Crippen LogP contribution in [-0.4, -0.2) is 38.8 Å². The van der Waals surface area contributed by atoms with Crippen molar-refractivity contribution < 1.29 is 4.39 Å². The molecule has 3 rings (SSSR count). The summed E-state index contributed by atoms with van der Waals surface area (Å²) in [6.07, 6.45) is 3.77. The van der Waals surface area contributed by atoms with Crippen LogP contribution < -0.4 is 15.5 Å². The van der Waals surface area contributed by atoms with Crippen LogP contribution in [0.5, 0.6) is 0 Å². The molecule has 2 fully saturated rings. The van der Waals surface area contributed by atoms with Gasteiger partial charge in [-0.1, -0.05) is 0 Å². The van der Waals surface area contributed by atoms with E-state index < -0.39 is 0 Å². The third-order valence-electron chi connectivity index (χ3n) is 4.53. The summed E-state index contributed by atoms with van der Waals surface area (Å²) < 4.78 is 12.9. The van der Waals surface area contributed by atoms with Crippen molar-refractivity contribution in [3.05, 3.63) is 30.1 Å². The first-order valence-corrected chi connectivity index (χ1v) is 7.76. The third kappa shape index (κ3) is 5.27. The van der Waals surface area contributed by atoms with Crippen molar-refractivity contribution in [2.75, 3.05) is 37.6 Å². The Morgan fingerprint density at radius 3 is 2.45 bits per heavy atom. The number of nitrogens with one attached hydrogen (secondary N) is 2. The highest BCUT2D eigenvalue weighted by molar-refractivity contribution is 5.85. The van der Waals surface area contributed by atoms with Gasteiger partial charge in [0.1, 0.15) is 5.82 Å². The van der Waals surface area contributed by atoms with Crippen LogP contribution in [-0.2, 0) is 0 Å². The number of benzene rings is 1. The molecule has 0 aliphatic carbocycles. The highest BCUT2D eigenvalue weighted by Crippen LogP contribution is 2.21. The normalized spacial score (nSPS) is 22.0. The van der Waals surface area contributed by atoms with E-state index in [4.69, 9.17) is 0 Å². The number of piperidine rings is 1. The van der Waals surface area contributed by atoms with Gasteiger partial charge in [-0.2, -0.15) is 0 Å². The van der Waals surface area contributed by atoms with E-state index in [1.807, 2.05) is 12.1 Å². The molecule has 22 heavy (non-hydrogen) atoms. The van der Waals surface area contributed by atoms with Crippen molar-refractivity contribution in [1.29, 1.82) is 0 Å². The van der Waals surface area contributed by atoms with E-state index in [1.165, 1.54) is 32.4 Å². The lowest BCUT2D eigenvalue weighted by atomic mass is 9.98. The van der Waals surface area contributed by atoms with Crippen LogP contribution in [0.2, 0.25) is 0 Å². The van der Waals surface area contributed by atoms with E-state index in [9.17, 15) is 4.39 Å². The molecule has 2 aliphatic heterocycles. The molecule has 2 N–H and O–H groups in total. The smallest absolute Gasteiger partial charge is 0.123 e. The lowest BCUT2D eigenvalue weighted by Gasteiger charge is -2.25. The second kappa shape index (κ2) is 9.56. The Balaban J connectivity index is 0.00000121. The van der Waals surface area contributed by atoms with Gasteiger partial charge < -0.3 is 15.5 Å². The zero-order valence-electron chi connectivity index (χ0n) is 12.8. The van der Waals surface area contributed by atoms with Gasteiger partial charge in [-0.05, 0) is 69.1 Å². The summed E-state index contributed by atoms with van der Waals surface area (Å²) in [4.78, 5) is 2.35. The summed E-state index contributed by atoms with van der Waals surface area (Å²) in [6, 6.07) is 7.43. The van der Waals surface area contributed by atoms with Crippen molar-refractivity contribution in [2.45, 2.75) is 25.3 Å². The van der Waals surface area contributed by atoms with E-state index in [1.54, 1.807) is 12.1 Å². The zero-order valence-corrected chi connectivity index (χ0v) is 14.4. The molecule has 0 radical (unpaired) electrons. The van der Waals surface area contributed by atoms with Crippen LogP contribution in [0.4, 0.5) is 10.1 Å². The molecule has 3 nitrogen and oxygen atoms in total. The summed E-state index contributed by atoms with van der Waals surface area (Å²) in [5.41, 5.74) is 1.14. The topological polar surface area (TPSA) is 27.3 Å². The second-order valence-electron chi connectivity index (χ2n) is 6.01. The van der Waals surface area contributed by atoms with Gasteiger partial charge in [0.25, 0.3) is 0 Å². The molecule has 0 saturated carbocycles. The van der Waals surface area contributed by atoms with Crippen LogP contribution in [0.1, 0.15) is 19.3 Å². The lowest BCUT2D eigenvalue weighted by molar-refractivity contribution is 0.343. The molecule has 0 amide bonds. The van der Waals surface area contributed by atoms with Crippen LogP contribution in [0.25, 0.3) is 0 Å². The van der Waals surface area contributed by atoms with Crippen LogP contribution >= 0.6 is 24.8 Å². The maximum Gasteiger partial charge on any atom is 0.123 e. The summed E-state index contributed by atoms with van der Waals surface area (Å²) in [7, 11) is 0. The SMILES string of the molecule is Cl.Cl.Fc1ccc(N2CCC(NCC3CCNCC3)C2)cc1. The Bertz CT molecular complexity index is 424. The van der Waals surface area contributed by atoms with Gasteiger partial charge in [0.05, 0.1) is 0 Å². The summed E-state index contributed by atoms with van der Waals surface area (Å²) in [6.45, 7) is 5.58. The van der Waals surface area contributed by atoms with Gasteiger partial charge in [0.2, 0.25) is 0 Å². The average molecular weight is 350 g/mol. The summed E-state index contributed by atoms with van der Waals surface area (Å²) in [5, 5.41) is 7.13. The van der Waals surface area contributed by atoms with Crippen molar-refractivity contribution in [1.82, 2.24) is 10.6 Å². The minimum absolute atomic E-state index is 0. The Kier molecular flexibility index (Phi) is 8.47. The number of halogens is 3. The fourth-order valence-electron chi connectivity index (χ4n) is 3.23. The number of hydrogen-bond donors (Lipinski definition) is 2. The van der Waals surface area contributed by atoms with Gasteiger partial charge in [-0.25, -0.2) is 4.39 Å². The first-order chi connectivity index (χ1) is 9.81. The second-order valence-corrected chi connectivity index (χ2v) is 6.01. The van der Waals surface area contributed by atoms with E-state index in [-0.39, 0.29) is 30.6 Å². The molecule has 1 atom stereocenters. The van der Waals surface area contributed by atoms with Crippen molar-refractivity contribution >= 4 is 30.5 Å². The van der Waals surface area contributed by atoms with Gasteiger partial charge in [0.15, 0.2) is 0 Å². The molecule has 0 aromatic heterocycles. The zero-order chi connectivity index (χ0) is 13.8. The number of nitrogens with zero attached hydrogens (tertiary/aromatic N) is 1. The van der Waals surface area contributed by atoms with E-state index >= 15 is 0 Å². The first-order valence-electron chi connectivity index (χ1n) is 7.76. The highest BCUT2D eigenvalue weighted by Gasteiger charge is 2.23. The molecule has 1 aromatic rings. The molecule has 126 valence electrons. The highest BCUT2D eigenvalue weighted by atomic mass is 35.5. The lowest BCUT2D eigenvalue weighted by Crippen LogP contribution is -2.39. The molecule has 1 aromatic carbocycles.